The molecule has 2 rings (SSSR count). The zero-order valence-electron chi connectivity index (χ0n) is 9.93. The lowest BCUT2D eigenvalue weighted by atomic mass is 10.0. The van der Waals surface area contributed by atoms with E-state index in [-0.39, 0.29) is 0 Å². The van der Waals surface area contributed by atoms with Crippen LogP contribution in [-0.4, -0.2) is 12.8 Å². The molecular formula is C14H16O2P+. The van der Waals surface area contributed by atoms with E-state index in [0.29, 0.717) is 12.8 Å². The fourth-order valence-corrected chi connectivity index (χ4v) is 2.77. The van der Waals surface area contributed by atoms with Crippen LogP contribution in [0.15, 0.2) is 42.5 Å². The van der Waals surface area contributed by atoms with Crippen molar-refractivity contribution in [3.63, 3.8) is 0 Å². The highest BCUT2D eigenvalue weighted by molar-refractivity contribution is 7.39. The largest absolute Gasteiger partial charge is 0.508 e. The lowest BCUT2D eigenvalue weighted by Crippen LogP contribution is -1.91. The molecule has 0 aromatic heterocycles. The summed E-state index contributed by atoms with van der Waals surface area (Å²) >= 11 is 0. The molecule has 0 aliphatic heterocycles. The molecular weight excluding hydrogens is 231 g/mol. The Morgan fingerprint density at radius 1 is 1.12 bits per heavy atom. The van der Waals surface area contributed by atoms with Crippen LogP contribution in [0.2, 0.25) is 0 Å². The fraction of sp³-hybridized carbons (Fsp3) is 0.286. The van der Waals surface area contributed by atoms with E-state index < -0.39 is 8.03 Å². The molecule has 0 heterocycles. The summed E-state index contributed by atoms with van der Waals surface area (Å²) in [5.74, 6) is 0. The summed E-state index contributed by atoms with van der Waals surface area (Å²) in [6, 6.07) is 14.5. The van der Waals surface area contributed by atoms with Crippen molar-refractivity contribution in [2.75, 3.05) is 12.8 Å². The van der Waals surface area contributed by atoms with Crippen molar-refractivity contribution in [3.8, 4) is 0 Å². The highest BCUT2D eigenvalue weighted by Crippen LogP contribution is 2.26. The third-order valence-electron chi connectivity index (χ3n) is 2.72. The Bertz CT molecular complexity index is 517. The standard InChI is InChI=1S/C14H16O2P/c1-2-16-17(15)11-10-13-8-5-7-12-6-3-4-9-14(12)13/h3-9H,2,10-11H2,1H3/q+1. The van der Waals surface area contributed by atoms with Crippen molar-refractivity contribution in [2.45, 2.75) is 13.3 Å². The van der Waals surface area contributed by atoms with Crippen LogP contribution >= 0.6 is 8.03 Å². The number of fused-ring (bicyclic) bond motifs is 1. The van der Waals surface area contributed by atoms with Crippen molar-refractivity contribution in [1.82, 2.24) is 0 Å². The van der Waals surface area contributed by atoms with Gasteiger partial charge in [0.1, 0.15) is 0 Å². The predicted molar refractivity (Wildman–Crippen MR) is 71.8 cm³/mol. The van der Waals surface area contributed by atoms with Gasteiger partial charge in [-0.1, -0.05) is 42.5 Å². The van der Waals surface area contributed by atoms with E-state index in [4.69, 9.17) is 4.52 Å². The molecule has 0 amide bonds. The third kappa shape index (κ3) is 3.12. The molecule has 88 valence electrons. The van der Waals surface area contributed by atoms with Crippen molar-refractivity contribution in [1.29, 1.82) is 0 Å². The highest BCUT2D eigenvalue weighted by atomic mass is 31.1. The van der Waals surface area contributed by atoms with Gasteiger partial charge in [-0.05, 0) is 27.8 Å². The summed E-state index contributed by atoms with van der Waals surface area (Å²) < 4.78 is 16.6. The molecule has 0 N–H and O–H groups in total. The molecule has 0 aliphatic carbocycles. The van der Waals surface area contributed by atoms with E-state index in [0.717, 1.165) is 6.42 Å². The minimum atomic E-state index is -1.51. The molecule has 0 spiro atoms. The number of benzene rings is 2. The second-order valence-electron chi connectivity index (χ2n) is 3.86. The molecule has 17 heavy (non-hydrogen) atoms. The van der Waals surface area contributed by atoms with Crippen LogP contribution in [0.5, 0.6) is 0 Å². The van der Waals surface area contributed by atoms with E-state index in [2.05, 4.69) is 24.3 Å². The van der Waals surface area contributed by atoms with Gasteiger partial charge in [0.2, 0.25) is 0 Å². The third-order valence-corrected chi connectivity index (χ3v) is 3.85. The Labute approximate surface area is 102 Å². The van der Waals surface area contributed by atoms with Gasteiger partial charge in [-0.25, -0.2) is 0 Å². The van der Waals surface area contributed by atoms with Gasteiger partial charge < -0.3 is 0 Å². The van der Waals surface area contributed by atoms with Gasteiger partial charge in [0.05, 0.1) is 6.61 Å². The van der Waals surface area contributed by atoms with Gasteiger partial charge in [-0.2, -0.15) is 0 Å². The quantitative estimate of drug-likeness (QED) is 0.741. The van der Waals surface area contributed by atoms with Gasteiger partial charge in [0, 0.05) is 6.42 Å². The Balaban J connectivity index is 2.16. The molecule has 0 fully saturated rings. The number of hydrogen-bond donors (Lipinski definition) is 0. The Hall–Kier alpha value is -1.24. The van der Waals surface area contributed by atoms with E-state index in [9.17, 15) is 4.57 Å². The Kier molecular flexibility index (Phi) is 4.24. The van der Waals surface area contributed by atoms with Crippen molar-refractivity contribution in [3.05, 3.63) is 48.0 Å². The summed E-state index contributed by atoms with van der Waals surface area (Å²) in [4.78, 5) is 0. The maximum Gasteiger partial charge on any atom is 0.508 e. The molecule has 0 saturated heterocycles. The monoisotopic (exact) mass is 247 g/mol. The van der Waals surface area contributed by atoms with E-state index in [1.54, 1.807) is 0 Å². The van der Waals surface area contributed by atoms with Gasteiger partial charge in [0.15, 0.2) is 6.16 Å². The first-order chi connectivity index (χ1) is 8.31. The van der Waals surface area contributed by atoms with Crippen LogP contribution < -0.4 is 0 Å². The van der Waals surface area contributed by atoms with Crippen LogP contribution in [0.1, 0.15) is 12.5 Å². The number of hydrogen-bond acceptors (Lipinski definition) is 2. The highest BCUT2D eigenvalue weighted by Gasteiger charge is 2.16. The summed E-state index contributed by atoms with van der Waals surface area (Å²) in [5, 5.41) is 2.48. The second-order valence-corrected chi connectivity index (χ2v) is 5.23. The Morgan fingerprint density at radius 2 is 1.88 bits per heavy atom. The lowest BCUT2D eigenvalue weighted by molar-refractivity contribution is 0.350. The smallest absolute Gasteiger partial charge is 0.147 e. The van der Waals surface area contributed by atoms with Crippen molar-refractivity contribution in [2.24, 2.45) is 0 Å². The molecule has 2 nitrogen and oxygen atoms in total. The van der Waals surface area contributed by atoms with Crippen molar-refractivity contribution >= 4 is 18.8 Å². The molecule has 0 saturated carbocycles. The van der Waals surface area contributed by atoms with Crippen LogP contribution in [-0.2, 0) is 15.5 Å². The van der Waals surface area contributed by atoms with E-state index in [1.807, 2.05) is 25.1 Å². The average molecular weight is 247 g/mol. The van der Waals surface area contributed by atoms with Gasteiger partial charge in [-0.15, -0.1) is 4.52 Å². The zero-order chi connectivity index (χ0) is 12.1. The molecule has 1 atom stereocenters. The second kappa shape index (κ2) is 5.90. The molecule has 1 unspecified atom stereocenters. The van der Waals surface area contributed by atoms with Crippen LogP contribution in [0, 0.1) is 0 Å². The summed E-state index contributed by atoms with van der Waals surface area (Å²) in [5.41, 5.74) is 1.24. The summed E-state index contributed by atoms with van der Waals surface area (Å²) in [6.07, 6.45) is 1.40. The molecule has 2 aromatic carbocycles. The fourth-order valence-electron chi connectivity index (χ4n) is 1.93. The van der Waals surface area contributed by atoms with E-state index >= 15 is 0 Å². The van der Waals surface area contributed by atoms with E-state index in [1.165, 1.54) is 16.3 Å². The first kappa shape index (κ1) is 12.2. The minimum absolute atomic E-state index is 0.519. The number of rotatable bonds is 5. The minimum Gasteiger partial charge on any atom is -0.147 e. The van der Waals surface area contributed by atoms with Gasteiger partial charge >= 0.3 is 8.03 Å². The average Bonchev–Trinajstić information content (AvgIpc) is 2.36. The van der Waals surface area contributed by atoms with Crippen LogP contribution in [0.4, 0.5) is 0 Å². The molecule has 0 radical (unpaired) electrons. The first-order valence-electron chi connectivity index (χ1n) is 5.85. The number of aryl methyl sites for hydroxylation is 1. The maximum atomic E-state index is 11.5. The van der Waals surface area contributed by atoms with Crippen LogP contribution in [0.25, 0.3) is 10.8 Å². The predicted octanol–water partition coefficient (Wildman–Crippen LogP) is 4.16. The molecule has 2 aromatic rings. The molecule has 3 heteroatoms. The van der Waals surface area contributed by atoms with Gasteiger partial charge in [0.25, 0.3) is 0 Å². The van der Waals surface area contributed by atoms with Crippen molar-refractivity contribution < 1.29 is 9.09 Å². The normalized spacial score (nSPS) is 11.7. The summed E-state index contributed by atoms with van der Waals surface area (Å²) in [7, 11) is -1.51. The topological polar surface area (TPSA) is 26.3 Å². The Morgan fingerprint density at radius 3 is 2.71 bits per heavy atom. The van der Waals surface area contributed by atoms with Crippen LogP contribution in [0.3, 0.4) is 0 Å². The molecule has 0 bridgehead atoms. The first-order valence-corrected chi connectivity index (χ1v) is 7.21. The summed E-state index contributed by atoms with van der Waals surface area (Å²) in [6.45, 7) is 2.38. The zero-order valence-corrected chi connectivity index (χ0v) is 10.8. The SMILES string of the molecule is CCO[P+](=O)CCc1cccc2ccccc12. The van der Waals surface area contributed by atoms with Gasteiger partial charge in [-0.3, -0.25) is 0 Å². The molecule has 0 aliphatic rings. The lowest BCUT2D eigenvalue weighted by Gasteiger charge is -2.02. The maximum absolute atomic E-state index is 11.5.